The van der Waals surface area contributed by atoms with Crippen molar-refractivity contribution in [1.29, 1.82) is 0 Å². The second-order valence-corrected chi connectivity index (χ2v) is 7.38. The van der Waals surface area contributed by atoms with Gasteiger partial charge in [-0.05, 0) is 37.6 Å². The lowest BCUT2D eigenvalue weighted by Crippen LogP contribution is -2.50. The van der Waals surface area contributed by atoms with E-state index < -0.39 is 0 Å². The molecule has 2 aromatic heterocycles. The smallest absolute Gasteiger partial charge is 0.236 e. The highest BCUT2D eigenvalue weighted by atomic mass is 32.1. The number of carbonyl (C=O) groups excluding carboxylic acids is 1. The molecule has 0 bridgehead atoms. The number of thiophene rings is 1. The lowest BCUT2D eigenvalue weighted by atomic mass is 10.0. The maximum Gasteiger partial charge on any atom is 0.236 e. The Morgan fingerprint density at radius 2 is 2.20 bits per heavy atom. The van der Waals surface area contributed by atoms with Crippen molar-refractivity contribution in [2.75, 3.05) is 19.8 Å². The first kappa shape index (κ1) is 16.8. The molecule has 1 amide bonds. The van der Waals surface area contributed by atoms with Crippen molar-refractivity contribution in [3.05, 3.63) is 29.0 Å². The highest BCUT2D eigenvalue weighted by molar-refractivity contribution is 7.13. The van der Waals surface area contributed by atoms with Crippen LogP contribution in [0.3, 0.4) is 0 Å². The second-order valence-electron chi connectivity index (χ2n) is 6.44. The van der Waals surface area contributed by atoms with Gasteiger partial charge in [0.2, 0.25) is 11.8 Å². The van der Waals surface area contributed by atoms with Gasteiger partial charge in [0.25, 0.3) is 0 Å². The molecular formula is C18H22N2O4S. The van der Waals surface area contributed by atoms with Crippen LogP contribution in [0.15, 0.2) is 21.9 Å². The molecule has 2 fully saturated rings. The average Bonchev–Trinajstić information content (AvgIpc) is 3.37. The van der Waals surface area contributed by atoms with E-state index in [0.29, 0.717) is 30.6 Å². The highest BCUT2D eigenvalue weighted by Crippen LogP contribution is 2.28. The van der Waals surface area contributed by atoms with Gasteiger partial charge in [-0.2, -0.15) is 0 Å². The quantitative estimate of drug-likeness (QED) is 0.836. The summed E-state index contributed by atoms with van der Waals surface area (Å²) in [6.45, 7) is 3.83. The first-order valence-electron chi connectivity index (χ1n) is 8.75. The van der Waals surface area contributed by atoms with Gasteiger partial charge in [0.1, 0.15) is 5.76 Å². The number of likely N-dealkylation sites (tertiary alicyclic amines) is 1. The lowest BCUT2D eigenvalue weighted by Gasteiger charge is -2.38. The van der Waals surface area contributed by atoms with E-state index in [-0.39, 0.29) is 24.7 Å². The second kappa shape index (κ2) is 7.27. The Labute approximate surface area is 150 Å². The molecule has 1 atom stereocenters. The molecule has 2 aliphatic heterocycles. The molecule has 25 heavy (non-hydrogen) atoms. The molecule has 0 radical (unpaired) electrons. The number of amides is 1. The third-order valence-corrected chi connectivity index (χ3v) is 5.63. The topological polar surface area (TPSA) is 64.8 Å². The molecule has 2 aromatic rings. The van der Waals surface area contributed by atoms with Gasteiger partial charge >= 0.3 is 0 Å². The Balaban J connectivity index is 1.49. The Kier molecular flexibility index (Phi) is 4.87. The highest BCUT2D eigenvalue weighted by Gasteiger charge is 2.36. The van der Waals surface area contributed by atoms with E-state index in [9.17, 15) is 4.79 Å². The first-order valence-corrected chi connectivity index (χ1v) is 9.63. The van der Waals surface area contributed by atoms with E-state index >= 15 is 0 Å². The third-order valence-electron chi connectivity index (χ3n) is 4.77. The van der Waals surface area contributed by atoms with Crippen LogP contribution in [0.25, 0.3) is 10.8 Å². The molecule has 0 aromatic carbocycles. The zero-order valence-corrected chi connectivity index (χ0v) is 15.1. The average molecular weight is 362 g/mol. The maximum atomic E-state index is 12.9. The predicted molar refractivity (Wildman–Crippen MR) is 93.3 cm³/mol. The van der Waals surface area contributed by atoms with Crippen LogP contribution < -0.4 is 0 Å². The van der Waals surface area contributed by atoms with E-state index in [1.807, 2.05) is 29.3 Å². The number of carbonyl (C=O) groups is 1. The van der Waals surface area contributed by atoms with Gasteiger partial charge in [-0.1, -0.05) is 6.07 Å². The number of nitrogens with zero attached hydrogens (tertiary/aromatic N) is 2. The van der Waals surface area contributed by atoms with Crippen LogP contribution >= 0.6 is 11.3 Å². The zero-order valence-electron chi connectivity index (χ0n) is 14.3. The Hall–Kier alpha value is -1.70. The largest absolute Gasteiger partial charge is 0.440 e. The summed E-state index contributed by atoms with van der Waals surface area (Å²) in [6.07, 6.45) is 3.01. The van der Waals surface area contributed by atoms with Gasteiger partial charge in [-0.15, -0.1) is 11.3 Å². The molecule has 134 valence electrons. The molecule has 4 rings (SSSR count). The summed E-state index contributed by atoms with van der Waals surface area (Å²) in [6, 6.07) is 3.94. The van der Waals surface area contributed by atoms with Crippen LogP contribution in [0.2, 0.25) is 0 Å². The number of aromatic nitrogens is 1. The summed E-state index contributed by atoms with van der Waals surface area (Å²) in [5.41, 5.74) is 0.714. The van der Waals surface area contributed by atoms with E-state index in [1.165, 1.54) is 0 Å². The molecule has 6 nitrogen and oxygen atoms in total. The normalized spacial score (nSPS) is 21.8. The molecule has 1 unspecified atom stereocenters. The zero-order chi connectivity index (χ0) is 17.2. The number of aryl methyl sites for hydroxylation is 1. The van der Waals surface area contributed by atoms with Gasteiger partial charge in [-0.25, -0.2) is 4.98 Å². The molecule has 2 saturated heterocycles. The number of rotatable bonds is 4. The van der Waals surface area contributed by atoms with E-state index in [1.54, 1.807) is 11.3 Å². The molecule has 0 saturated carbocycles. The Morgan fingerprint density at radius 1 is 1.36 bits per heavy atom. The molecule has 0 N–H and O–H groups in total. The van der Waals surface area contributed by atoms with Crippen LogP contribution in [0.4, 0.5) is 0 Å². The van der Waals surface area contributed by atoms with Crippen LogP contribution in [-0.4, -0.2) is 47.9 Å². The third kappa shape index (κ3) is 3.49. The van der Waals surface area contributed by atoms with Gasteiger partial charge in [0, 0.05) is 6.54 Å². The number of oxazole rings is 1. The Bertz CT molecular complexity index is 722. The van der Waals surface area contributed by atoms with Crippen molar-refractivity contribution in [2.45, 2.75) is 44.9 Å². The maximum absolute atomic E-state index is 12.9. The minimum Gasteiger partial charge on any atom is -0.440 e. The lowest BCUT2D eigenvalue weighted by molar-refractivity contribution is -0.150. The van der Waals surface area contributed by atoms with E-state index in [2.05, 4.69) is 4.98 Å². The van der Waals surface area contributed by atoms with Gasteiger partial charge in [0.05, 0.1) is 36.2 Å². The number of hydrogen-bond acceptors (Lipinski definition) is 6. The van der Waals surface area contributed by atoms with Gasteiger partial charge in [-0.3, -0.25) is 4.79 Å². The summed E-state index contributed by atoms with van der Waals surface area (Å²) in [7, 11) is 0. The van der Waals surface area contributed by atoms with Gasteiger partial charge in [0.15, 0.2) is 6.29 Å². The first-order chi connectivity index (χ1) is 12.2. The van der Waals surface area contributed by atoms with Crippen molar-refractivity contribution >= 4 is 17.2 Å². The van der Waals surface area contributed by atoms with Crippen LogP contribution in [0, 0.1) is 6.92 Å². The number of piperidine rings is 1. The molecular weight excluding hydrogens is 340 g/mol. The summed E-state index contributed by atoms with van der Waals surface area (Å²) in [5.74, 6) is 1.37. The molecule has 0 spiro atoms. The van der Waals surface area contributed by atoms with Gasteiger partial charge < -0.3 is 18.8 Å². The molecule has 7 heteroatoms. The van der Waals surface area contributed by atoms with Crippen molar-refractivity contribution in [1.82, 2.24) is 9.88 Å². The minimum absolute atomic E-state index is 0.00715. The van der Waals surface area contributed by atoms with Crippen molar-refractivity contribution in [2.24, 2.45) is 0 Å². The molecule has 4 heterocycles. The summed E-state index contributed by atoms with van der Waals surface area (Å²) >= 11 is 1.58. The fourth-order valence-corrected chi connectivity index (χ4v) is 4.14. The van der Waals surface area contributed by atoms with Crippen LogP contribution in [-0.2, 0) is 20.7 Å². The number of ether oxygens (including phenoxy) is 2. The van der Waals surface area contributed by atoms with Crippen molar-refractivity contribution in [3.8, 4) is 10.8 Å². The summed E-state index contributed by atoms with van der Waals surface area (Å²) in [5, 5.41) is 1.99. The van der Waals surface area contributed by atoms with Crippen molar-refractivity contribution < 1.29 is 18.7 Å². The van der Waals surface area contributed by atoms with Crippen molar-refractivity contribution in [3.63, 3.8) is 0 Å². The standard InChI is InChI=1S/C18H22N2O4S/c1-12-13(19-17(24-12)15-6-4-10-25-15)11-16(21)20-7-3-2-5-14(20)18-22-8-9-23-18/h4,6,10,14,18H,2-3,5,7-9,11H2,1H3. The van der Waals surface area contributed by atoms with E-state index in [4.69, 9.17) is 13.9 Å². The fraction of sp³-hybridized carbons (Fsp3) is 0.556. The predicted octanol–water partition coefficient (Wildman–Crippen LogP) is 3.01. The fourth-order valence-electron chi connectivity index (χ4n) is 3.49. The summed E-state index contributed by atoms with van der Waals surface area (Å²) < 4.78 is 17.1. The number of hydrogen-bond donors (Lipinski definition) is 0. The van der Waals surface area contributed by atoms with Crippen LogP contribution in [0.5, 0.6) is 0 Å². The minimum atomic E-state index is -0.288. The monoisotopic (exact) mass is 362 g/mol. The SMILES string of the molecule is Cc1oc(-c2cccs2)nc1CC(=O)N1CCCCC1C1OCCO1. The summed E-state index contributed by atoms with van der Waals surface area (Å²) in [4.78, 5) is 20.4. The van der Waals surface area contributed by atoms with E-state index in [0.717, 1.165) is 30.7 Å². The van der Waals surface area contributed by atoms with Crippen LogP contribution in [0.1, 0.15) is 30.7 Å². The molecule has 0 aliphatic carbocycles. The molecule has 2 aliphatic rings. The Morgan fingerprint density at radius 3 is 2.96 bits per heavy atom.